The molecule has 0 bridgehead atoms. The SMILES string of the molecule is CCCc1cc(=O)c2ccccc2n1C. The van der Waals surface area contributed by atoms with E-state index in [1.54, 1.807) is 6.07 Å². The van der Waals surface area contributed by atoms with Crippen LogP contribution in [0.5, 0.6) is 0 Å². The van der Waals surface area contributed by atoms with Crippen LogP contribution in [0.3, 0.4) is 0 Å². The smallest absolute Gasteiger partial charge is 0.189 e. The molecule has 2 rings (SSSR count). The predicted octanol–water partition coefficient (Wildman–Crippen LogP) is 2.49. The highest BCUT2D eigenvalue weighted by Gasteiger charge is 2.04. The van der Waals surface area contributed by atoms with Crippen LogP contribution in [-0.2, 0) is 13.5 Å². The summed E-state index contributed by atoms with van der Waals surface area (Å²) < 4.78 is 2.11. The first-order valence-electron chi connectivity index (χ1n) is 5.31. The fourth-order valence-corrected chi connectivity index (χ4v) is 1.95. The van der Waals surface area contributed by atoms with Gasteiger partial charge in [-0.25, -0.2) is 0 Å². The second-order valence-corrected chi connectivity index (χ2v) is 3.83. The molecule has 0 radical (unpaired) electrons. The van der Waals surface area contributed by atoms with E-state index in [-0.39, 0.29) is 5.43 Å². The third kappa shape index (κ3) is 1.67. The average molecular weight is 201 g/mol. The molecule has 0 fully saturated rings. The summed E-state index contributed by atoms with van der Waals surface area (Å²) in [6.45, 7) is 2.12. The lowest BCUT2D eigenvalue weighted by Crippen LogP contribution is -2.11. The van der Waals surface area contributed by atoms with Crippen molar-refractivity contribution < 1.29 is 0 Å². The number of benzene rings is 1. The molecule has 0 amide bonds. The Balaban J connectivity index is 2.79. The van der Waals surface area contributed by atoms with Crippen LogP contribution in [0.15, 0.2) is 35.1 Å². The van der Waals surface area contributed by atoms with Crippen LogP contribution in [0.1, 0.15) is 19.0 Å². The van der Waals surface area contributed by atoms with Gasteiger partial charge in [0.15, 0.2) is 5.43 Å². The summed E-state index contributed by atoms with van der Waals surface area (Å²) in [5.41, 5.74) is 2.27. The number of rotatable bonds is 2. The Bertz CT molecular complexity index is 540. The molecule has 0 spiro atoms. The van der Waals surface area contributed by atoms with Gasteiger partial charge in [-0.3, -0.25) is 4.79 Å². The summed E-state index contributed by atoms with van der Waals surface area (Å²) in [5.74, 6) is 0. The van der Waals surface area contributed by atoms with Gasteiger partial charge in [0.05, 0.1) is 5.52 Å². The Morgan fingerprint density at radius 2 is 2.00 bits per heavy atom. The molecule has 0 unspecified atom stereocenters. The van der Waals surface area contributed by atoms with E-state index in [9.17, 15) is 4.79 Å². The highest BCUT2D eigenvalue weighted by atomic mass is 16.1. The van der Waals surface area contributed by atoms with Gasteiger partial charge in [0.2, 0.25) is 0 Å². The van der Waals surface area contributed by atoms with Crippen molar-refractivity contribution in [1.82, 2.24) is 4.57 Å². The number of hydrogen-bond acceptors (Lipinski definition) is 1. The number of fused-ring (bicyclic) bond motifs is 1. The largest absolute Gasteiger partial charge is 0.347 e. The topological polar surface area (TPSA) is 22.0 Å². The summed E-state index contributed by atoms with van der Waals surface area (Å²) in [6, 6.07) is 9.51. The van der Waals surface area contributed by atoms with Crippen molar-refractivity contribution in [2.75, 3.05) is 0 Å². The number of aryl methyl sites for hydroxylation is 2. The van der Waals surface area contributed by atoms with Crippen LogP contribution in [0.4, 0.5) is 0 Å². The molecule has 0 aliphatic rings. The molecule has 0 N–H and O–H groups in total. The molecule has 2 heteroatoms. The lowest BCUT2D eigenvalue weighted by Gasteiger charge is -2.11. The van der Waals surface area contributed by atoms with Crippen LogP contribution in [0.2, 0.25) is 0 Å². The van der Waals surface area contributed by atoms with Gasteiger partial charge in [-0.05, 0) is 18.6 Å². The molecular weight excluding hydrogens is 186 g/mol. The van der Waals surface area contributed by atoms with Crippen molar-refractivity contribution in [3.05, 3.63) is 46.2 Å². The van der Waals surface area contributed by atoms with Gasteiger partial charge in [-0.1, -0.05) is 25.5 Å². The van der Waals surface area contributed by atoms with Crippen molar-refractivity contribution in [3.63, 3.8) is 0 Å². The Morgan fingerprint density at radius 1 is 1.27 bits per heavy atom. The molecular formula is C13H15NO. The Hall–Kier alpha value is -1.57. The second-order valence-electron chi connectivity index (χ2n) is 3.83. The molecule has 0 aliphatic heterocycles. The van der Waals surface area contributed by atoms with E-state index in [0.29, 0.717) is 0 Å². The molecule has 0 saturated heterocycles. The molecule has 2 aromatic rings. The van der Waals surface area contributed by atoms with Gasteiger partial charge in [-0.15, -0.1) is 0 Å². The molecule has 1 aromatic carbocycles. The van der Waals surface area contributed by atoms with Crippen LogP contribution < -0.4 is 5.43 Å². The Labute approximate surface area is 89.2 Å². The lowest BCUT2D eigenvalue weighted by molar-refractivity contribution is 0.791. The summed E-state index contributed by atoms with van der Waals surface area (Å²) >= 11 is 0. The van der Waals surface area contributed by atoms with E-state index in [1.807, 2.05) is 31.3 Å². The van der Waals surface area contributed by atoms with E-state index in [0.717, 1.165) is 29.4 Å². The first kappa shape index (κ1) is 9.97. The van der Waals surface area contributed by atoms with Crippen molar-refractivity contribution in [2.45, 2.75) is 19.8 Å². The zero-order valence-electron chi connectivity index (χ0n) is 9.16. The molecule has 78 valence electrons. The average Bonchev–Trinajstić information content (AvgIpc) is 2.26. The number of aromatic nitrogens is 1. The molecule has 1 aromatic heterocycles. The standard InChI is InChI=1S/C13H15NO/c1-3-6-10-9-13(15)11-7-4-5-8-12(11)14(10)2/h4-5,7-9H,3,6H2,1-2H3. The summed E-state index contributed by atoms with van der Waals surface area (Å²) in [7, 11) is 2.02. The normalized spacial score (nSPS) is 10.8. The molecule has 1 heterocycles. The van der Waals surface area contributed by atoms with Crippen LogP contribution in [-0.4, -0.2) is 4.57 Å². The zero-order valence-corrected chi connectivity index (χ0v) is 9.16. The molecule has 15 heavy (non-hydrogen) atoms. The van der Waals surface area contributed by atoms with E-state index >= 15 is 0 Å². The number of para-hydroxylation sites is 1. The fourth-order valence-electron chi connectivity index (χ4n) is 1.95. The van der Waals surface area contributed by atoms with Crippen LogP contribution in [0.25, 0.3) is 10.9 Å². The maximum atomic E-state index is 11.8. The molecule has 0 atom stereocenters. The van der Waals surface area contributed by atoms with Gasteiger partial charge >= 0.3 is 0 Å². The number of nitrogens with zero attached hydrogens (tertiary/aromatic N) is 1. The number of hydrogen-bond donors (Lipinski definition) is 0. The third-order valence-electron chi connectivity index (χ3n) is 2.77. The van der Waals surface area contributed by atoms with Crippen molar-refractivity contribution in [2.24, 2.45) is 7.05 Å². The number of pyridine rings is 1. The van der Waals surface area contributed by atoms with E-state index in [2.05, 4.69) is 11.5 Å². The summed E-state index contributed by atoms with van der Waals surface area (Å²) in [6.07, 6.45) is 2.02. The summed E-state index contributed by atoms with van der Waals surface area (Å²) in [5, 5.41) is 0.805. The van der Waals surface area contributed by atoms with Crippen molar-refractivity contribution >= 4 is 10.9 Å². The minimum Gasteiger partial charge on any atom is -0.347 e. The Kier molecular flexibility index (Phi) is 2.58. The van der Waals surface area contributed by atoms with E-state index in [4.69, 9.17) is 0 Å². The quantitative estimate of drug-likeness (QED) is 0.731. The predicted molar refractivity (Wildman–Crippen MR) is 63.2 cm³/mol. The van der Waals surface area contributed by atoms with E-state index in [1.165, 1.54) is 0 Å². The monoisotopic (exact) mass is 201 g/mol. The summed E-state index contributed by atoms with van der Waals surface area (Å²) in [4.78, 5) is 11.8. The minimum absolute atomic E-state index is 0.132. The zero-order chi connectivity index (χ0) is 10.8. The van der Waals surface area contributed by atoms with Gasteiger partial charge in [0.1, 0.15) is 0 Å². The van der Waals surface area contributed by atoms with Gasteiger partial charge < -0.3 is 4.57 Å². The maximum Gasteiger partial charge on any atom is 0.189 e. The Morgan fingerprint density at radius 3 is 2.73 bits per heavy atom. The highest BCUT2D eigenvalue weighted by molar-refractivity contribution is 5.79. The highest BCUT2D eigenvalue weighted by Crippen LogP contribution is 2.12. The minimum atomic E-state index is 0.132. The molecule has 0 saturated carbocycles. The van der Waals surface area contributed by atoms with E-state index < -0.39 is 0 Å². The van der Waals surface area contributed by atoms with Gasteiger partial charge in [0.25, 0.3) is 0 Å². The first-order chi connectivity index (χ1) is 7.24. The maximum absolute atomic E-state index is 11.8. The van der Waals surface area contributed by atoms with Crippen molar-refractivity contribution in [3.8, 4) is 0 Å². The first-order valence-corrected chi connectivity index (χ1v) is 5.31. The van der Waals surface area contributed by atoms with Gasteiger partial charge in [0, 0.05) is 24.2 Å². The van der Waals surface area contributed by atoms with Crippen LogP contribution in [0, 0.1) is 0 Å². The van der Waals surface area contributed by atoms with Crippen LogP contribution >= 0.6 is 0 Å². The molecule has 2 nitrogen and oxygen atoms in total. The lowest BCUT2D eigenvalue weighted by atomic mass is 10.1. The van der Waals surface area contributed by atoms with Gasteiger partial charge in [-0.2, -0.15) is 0 Å². The fraction of sp³-hybridized carbons (Fsp3) is 0.308. The van der Waals surface area contributed by atoms with Crippen molar-refractivity contribution in [1.29, 1.82) is 0 Å². The third-order valence-corrected chi connectivity index (χ3v) is 2.77. The molecule has 0 aliphatic carbocycles. The second kappa shape index (κ2) is 3.89.